The number of nitrogens with zero attached hydrogens (tertiary/aromatic N) is 3. The van der Waals surface area contributed by atoms with Crippen LogP contribution >= 0.6 is 0 Å². The molecule has 1 aromatic heterocycles. The molecule has 2 aromatic rings. The highest BCUT2D eigenvalue weighted by Crippen LogP contribution is 2.24. The first kappa shape index (κ1) is 19.3. The Hall–Kier alpha value is -2.43. The lowest BCUT2D eigenvalue weighted by molar-refractivity contribution is 0.102. The van der Waals surface area contributed by atoms with E-state index in [2.05, 4.69) is 52.2 Å². The molecule has 0 radical (unpaired) electrons. The Kier molecular flexibility index (Phi) is 6.43. The zero-order chi connectivity index (χ0) is 19.2. The smallest absolute Gasteiger partial charge is 0.274 e. The fourth-order valence-electron chi connectivity index (χ4n) is 3.66. The Bertz CT molecular complexity index is 773. The second-order valence-electron chi connectivity index (χ2n) is 7.21. The normalized spacial score (nSPS) is 14.7. The summed E-state index contributed by atoms with van der Waals surface area (Å²) in [7, 11) is 0. The van der Waals surface area contributed by atoms with E-state index in [1.54, 1.807) is 6.07 Å². The summed E-state index contributed by atoms with van der Waals surface area (Å²) in [6, 6.07) is 7.97. The van der Waals surface area contributed by atoms with Gasteiger partial charge in [-0.2, -0.15) is 0 Å². The van der Waals surface area contributed by atoms with Crippen molar-refractivity contribution in [2.45, 2.75) is 59.3 Å². The number of anilines is 2. The van der Waals surface area contributed by atoms with Crippen LogP contribution < -0.4 is 10.2 Å². The van der Waals surface area contributed by atoms with Crippen LogP contribution in [0.1, 0.15) is 66.8 Å². The third-order valence-electron chi connectivity index (χ3n) is 5.20. The summed E-state index contributed by atoms with van der Waals surface area (Å²) in [6.45, 7) is 8.07. The van der Waals surface area contributed by atoms with Gasteiger partial charge in [-0.1, -0.05) is 44.9 Å². The predicted molar refractivity (Wildman–Crippen MR) is 111 cm³/mol. The Labute approximate surface area is 162 Å². The van der Waals surface area contributed by atoms with Crippen molar-refractivity contribution in [2.24, 2.45) is 0 Å². The lowest BCUT2D eigenvalue weighted by Crippen LogP contribution is -2.27. The van der Waals surface area contributed by atoms with Gasteiger partial charge in [0.05, 0.1) is 0 Å². The fraction of sp³-hybridized carbons (Fsp3) is 0.500. The minimum Gasteiger partial charge on any atom is -0.341 e. The molecule has 5 nitrogen and oxygen atoms in total. The minimum atomic E-state index is -0.160. The van der Waals surface area contributed by atoms with Gasteiger partial charge >= 0.3 is 0 Å². The Morgan fingerprint density at radius 3 is 2.26 bits per heavy atom. The van der Waals surface area contributed by atoms with Gasteiger partial charge in [-0.15, -0.1) is 0 Å². The van der Waals surface area contributed by atoms with Crippen molar-refractivity contribution in [3.63, 3.8) is 0 Å². The van der Waals surface area contributed by atoms with Crippen molar-refractivity contribution in [3.8, 4) is 0 Å². The number of carbonyl (C=O) groups is 1. The van der Waals surface area contributed by atoms with E-state index in [0.29, 0.717) is 11.6 Å². The molecule has 0 aliphatic carbocycles. The number of carbonyl (C=O) groups excluding carboxylic acids is 1. The molecule has 144 valence electrons. The number of aromatic nitrogens is 2. The summed E-state index contributed by atoms with van der Waals surface area (Å²) >= 11 is 0. The van der Waals surface area contributed by atoms with Crippen molar-refractivity contribution in [1.82, 2.24) is 9.97 Å². The second kappa shape index (κ2) is 8.98. The standard InChI is InChI=1S/C22H30N4O/c1-4-17-11-10-12-18(5-2)20(17)25-21(27)19-15-16(3)23-22(24-19)26-13-8-6-7-9-14-26/h10-12,15H,4-9,13-14H2,1-3H3,(H,25,27). The number of aryl methyl sites for hydroxylation is 3. The molecule has 0 bridgehead atoms. The summed E-state index contributed by atoms with van der Waals surface area (Å²) < 4.78 is 0. The zero-order valence-corrected chi connectivity index (χ0v) is 16.7. The SMILES string of the molecule is CCc1cccc(CC)c1NC(=O)c1cc(C)nc(N2CCCCCC2)n1. The monoisotopic (exact) mass is 366 g/mol. The van der Waals surface area contributed by atoms with E-state index in [9.17, 15) is 4.79 Å². The Morgan fingerprint density at radius 1 is 1.04 bits per heavy atom. The van der Waals surface area contributed by atoms with E-state index in [1.165, 1.54) is 12.8 Å². The Morgan fingerprint density at radius 2 is 1.67 bits per heavy atom. The molecule has 1 amide bonds. The van der Waals surface area contributed by atoms with Crippen molar-refractivity contribution >= 4 is 17.5 Å². The molecule has 0 atom stereocenters. The van der Waals surface area contributed by atoms with Gasteiger partial charge in [0.25, 0.3) is 5.91 Å². The van der Waals surface area contributed by atoms with E-state index in [0.717, 1.165) is 61.3 Å². The first-order chi connectivity index (χ1) is 13.1. The third-order valence-corrected chi connectivity index (χ3v) is 5.20. The summed E-state index contributed by atoms with van der Waals surface area (Å²) in [4.78, 5) is 24.4. The molecule has 27 heavy (non-hydrogen) atoms. The molecule has 3 rings (SSSR count). The van der Waals surface area contributed by atoms with Crippen LogP contribution in [0.5, 0.6) is 0 Å². The average molecular weight is 367 g/mol. The first-order valence-corrected chi connectivity index (χ1v) is 10.1. The maximum absolute atomic E-state index is 13.0. The number of para-hydroxylation sites is 1. The summed E-state index contributed by atoms with van der Waals surface area (Å²) in [5, 5.41) is 3.12. The highest BCUT2D eigenvalue weighted by molar-refractivity contribution is 6.04. The van der Waals surface area contributed by atoms with Gasteiger partial charge in [-0.25, -0.2) is 9.97 Å². The van der Waals surface area contributed by atoms with E-state index in [-0.39, 0.29) is 5.91 Å². The zero-order valence-electron chi connectivity index (χ0n) is 16.7. The van der Waals surface area contributed by atoms with Crippen LogP contribution in [0.25, 0.3) is 0 Å². The van der Waals surface area contributed by atoms with E-state index < -0.39 is 0 Å². The van der Waals surface area contributed by atoms with Crippen LogP contribution in [-0.4, -0.2) is 29.0 Å². The van der Waals surface area contributed by atoms with Crippen molar-refractivity contribution in [3.05, 3.63) is 46.8 Å². The van der Waals surface area contributed by atoms with Crippen LogP contribution in [0.15, 0.2) is 24.3 Å². The first-order valence-electron chi connectivity index (χ1n) is 10.1. The van der Waals surface area contributed by atoms with Crippen molar-refractivity contribution in [1.29, 1.82) is 0 Å². The van der Waals surface area contributed by atoms with Gasteiger partial charge in [0.1, 0.15) is 5.69 Å². The van der Waals surface area contributed by atoms with Gasteiger partial charge in [0.15, 0.2) is 0 Å². The quantitative estimate of drug-likeness (QED) is 0.844. The number of benzene rings is 1. The molecule has 5 heteroatoms. The van der Waals surface area contributed by atoms with Crippen LogP contribution in [0.4, 0.5) is 11.6 Å². The molecule has 1 fully saturated rings. The number of amides is 1. The average Bonchev–Trinajstić information content (AvgIpc) is 2.97. The van der Waals surface area contributed by atoms with Crippen LogP contribution in [0.3, 0.4) is 0 Å². The maximum atomic E-state index is 13.0. The van der Waals surface area contributed by atoms with Crippen LogP contribution in [0.2, 0.25) is 0 Å². The van der Waals surface area contributed by atoms with E-state index in [1.807, 2.05) is 6.92 Å². The number of rotatable bonds is 5. The highest BCUT2D eigenvalue weighted by Gasteiger charge is 2.18. The molecule has 1 N–H and O–H groups in total. The molecule has 2 heterocycles. The molecule has 0 unspecified atom stereocenters. The maximum Gasteiger partial charge on any atom is 0.274 e. The molecule has 0 saturated carbocycles. The van der Waals surface area contributed by atoms with Gasteiger partial charge in [0, 0.05) is 24.5 Å². The van der Waals surface area contributed by atoms with Gasteiger partial charge in [-0.05, 0) is 49.8 Å². The molecule has 0 spiro atoms. The molecule has 1 saturated heterocycles. The van der Waals surface area contributed by atoms with Crippen LogP contribution in [-0.2, 0) is 12.8 Å². The number of hydrogen-bond donors (Lipinski definition) is 1. The molecular weight excluding hydrogens is 336 g/mol. The Balaban J connectivity index is 1.87. The molecular formula is C22H30N4O. The lowest BCUT2D eigenvalue weighted by atomic mass is 10.0. The topological polar surface area (TPSA) is 58.1 Å². The minimum absolute atomic E-state index is 0.160. The van der Waals surface area contributed by atoms with Crippen molar-refractivity contribution in [2.75, 3.05) is 23.3 Å². The van der Waals surface area contributed by atoms with Crippen LogP contribution in [0, 0.1) is 6.92 Å². The fourth-order valence-corrected chi connectivity index (χ4v) is 3.66. The number of hydrogen-bond acceptors (Lipinski definition) is 4. The molecule has 1 aromatic carbocycles. The van der Waals surface area contributed by atoms with E-state index in [4.69, 9.17) is 0 Å². The van der Waals surface area contributed by atoms with Gasteiger partial charge < -0.3 is 10.2 Å². The molecule has 1 aliphatic heterocycles. The third kappa shape index (κ3) is 4.65. The summed E-state index contributed by atoms with van der Waals surface area (Å²) in [5.74, 6) is 0.522. The lowest BCUT2D eigenvalue weighted by Gasteiger charge is -2.21. The number of nitrogens with one attached hydrogen (secondary N) is 1. The second-order valence-corrected chi connectivity index (χ2v) is 7.21. The van der Waals surface area contributed by atoms with Gasteiger partial charge in [0.2, 0.25) is 5.95 Å². The van der Waals surface area contributed by atoms with E-state index >= 15 is 0 Å². The highest BCUT2D eigenvalue weighted by atomic mass is 16.1. The predicted octanol–water partition coefficient (Wildman–Crippen LogP) is 4.54. The van der Waals surface area contributed by atoms with Crippen molar-refractivity contribution < 1.29 is 4.79 Å². The summed E-state index contributed by atoms with van der Waals surface area (Å²) in [6.07, 6.45) is 6.58. The summed E-state index contributed by atoms with van der Waals surface area (Å²) in [5.41, 5.74) is 4.51. The molecule has 1 aliphatic rings. The largest absolute Gasteiger partial charge is 0.341 e. The van der Waals surface area contributed by atoms with Gasteiger partial charge in [-0.3, -0.25) is 4.79 Å².